The van der Waals surface area contributed by atoms with Crippen LogP contribution in [0.15, 0.2) is 102 Å². The molecular weight excluding hydrogens is 568 g/mol. The number of pyridine rings is 1. The second-order valence-corrected chi connectivity index (χ2v) is 11.1. The summed E-state index contributed by atoms with van der Waals surface area (Å²) in [4.78, 5) is 42.3. The molecular formula is C36H36N4O5. The third kappa shape index (κ3) is 7.69. The number of H-pyrrole nitrogens is 1. The lowest BCUT2D eigenvalue weighted by Crippen LogP contribution is -2.32. The molecule has 5 aromatic rings. The highest BCUT2D eigenvalue weighted by molar-refractivity contribution is 5.87. The van der Waals surface area contributed by atoms with Gasteiger partial charge in [0.15, 0.2) is 0 Å². The van der Waals surface area contributed by atoms with Crippen LogP contribution < -0.4 is 16.2 Å². The first kappa shape index (κ1) is 30.9. The number of nitrogens with one attached hydrogen (secondary N) is 3. The standard InChI is InChI=1S/C36H36N4O5/c1-23-6-4-5-7-31(23)24(2)22-45-36(44)39-29-12-15-32(25-9-13-30(41)14-10-25)27(18-29)21-40(3)34(42)20-38-28-11-8-26-16-17-37-35(43)33(26)19-28/h4-19,24,38,41H,20-22H2,1-3H3,(H,37,43)(H,39,44). The molecule has 9 heteroatoms. The molecule has 0 aliphatic heterocycles. The minimum atomic E-state index is -0.568. The van der Waals surface area contributed by atoms with E-state index in [1.807, 2.05) is 68.4 Å². The predicted octanol–water partition coefficient (Wildman–Crippen LogP) is 6.63. The van der Waals surface area contributed by atoms with Gasteiger partial charge in [-0.2, -0.15) is 0 Å². The number of aromatic amines is 1. The zero-order valence-corrected chi connectivity index (χ0v) is 25.5. The molecule has 0 saturated heterocycles. The Kier molecular flexibility index (Phi) is 9.48. The number of phenolic OH excluding ortho intramolecular Hbond substituents is 1. The number of amides is 2. The summed E-state index contributed by atoms with van der Waals surface area (Å²) < 4.78 is 5.54. The topological polar surface area (TPSA) is 124 Å². The van der Waals surface area contributed by atoms with Gasteiger partial charge in [0.2, 0.25) is 5.91 Å². The van der Waals surface area contributed by atoms with Gasteiger partial charge in [0.05, 0.1) is 13.2 Å². The zero-order valence-electron chi connectivity index (χ0n) is 25.5. The molecule has 4 aromatic carbocycles. The van der Waals surface area contributed by atoms with Crippen molar-refractivity contribution in [1.82, 2.24) is 9.88 Å². The largest absolute Gasteiger partial charge is 0.508 e. The highest BCUT2D eigenvalue weighted by Crippen LogP contribution is 2.29. The van der Waals surface area contributed by atoms with Crippen molar-refractivity contribution >= 4 is 34.1 Å². The van der Waals surface area contributed by atoms with Crippen LogP contribution >= 0.6 is 0 Å². The molecule has 0 aliphatic rings. The van der Waals surface area contributed by atoms with Crippen molar-refractivity contribution in [1.29, 1.82) is 0 Å². The Balaban J connectivity index is 1.28. The van der Waals surface area contributed by atoms with Gasteiger partial charge in [-0.3, -0.25) is 14.9 Å². The highest BCUT2D eigenvalue weighted by atomic mass is 16.5. The first-order valence-corrected chi connectivity index (χ1v) is 14.7. The number of hydrogen-bond acceptors (Lipinski definition) is 6. The van der Waals surface area contributed by atoms with Crippen LogP contribution in [-0.4, -0.2) is 47.2 Å². The number of likely N-dealkylation sites (N-methyl/N-ethyl adjacent to an activating group) is 1. The second kappa shape index (κ2) is 13.8. The first-order valence-electron chi connectivity index (χ1n) is 14.7. The number of aromatic nitrogens is 1. The van der Waals surface area contributed by atoms with E-state index in [0.717, 1.165) is 33.2 Å². The van der Waals surface area contributed by atoms with Gasteiger partial charge in [-0.25, -0.2) is 4.79 Å². The average Bonchev–Trinajstić information content (AvgIpc) is 3.03. The molecule has 1 aromatic heterocycles. The summed E-state index contributed by atoms with van der Waals surface area (Å²) in [5, 5.41) is 17.1. The fraction of sp³-hybridized carbons (Fsp3) is 0.194. The lowest BCUT2D eigenvalue weighted by molar-refractivity contribution is -0.128. The van der Waals surface area contributed by atoms with E-state index < -0.39 is 6.09 Å². The minimum absolute atomic E-state index is 0.0185. The van der Waals surface area contributed by atoms with Crippen molar-refractivity contribution in [3.8, 4) is 16.9 Å². The minimum Gasteiger partial charge on any atom is -0.508 e. The van der Waals surface area contributed by atoms with Crippen LogP contribution in [0.4, 0.5) is 16.2 Å². The van der Waals surface area contributed by atoms with E-state index in [1.165, 1.54) is 0 Å². The summed E-state index contributed by atoms with van der Waals surface area (Å²) in [6.07, 6.45) is 1.03. The number of anilines is 2. The van der Waals surface area contributed by atoms with Crippen molar-refractivity contribution in [2.75, 3.05) is 30.8 Å². The molecule has 9 nitrogen and oxygen atoms in total. The molecule has 0 saturated carbocycles. The van der Waals surface area contributed by atoms with E-state index in [-0.39, 0.29) is 42.8 Å². The Morgan fingerprint density at radius 3 is 2.49 bits per heavy atom. The molecule has 5 rings (SSSR count). The van der Waals surface area contributed by atoms with Gasteiger partial charge in [-0.15, -0.1) is 0 Å². The van der Waals surface area contributed by atoms with E-state index in [1.54, 1.807) is 54.5 Å². The lowest BCUT2D eigenvalue weighted by Gasteiger charge is -2.21. The molecule has 4 N–H and O–H groups in total. The van der Waals surface area contributed by atoms with E-state index in [9.17, 15) is 19.5 Å². The fourth-order valence-corrected chi connectivity index (χ4v) is 5.26. The van der Waals surface area contributed by atoms with E-state index in [0.29, 0.717) is 16.8 Å². The second-order valence-electron chi connectivity index (χ2n) is 11.1. The molecule has 0 aliphatic carbocycles. The molecule has 0 spiro atoms. The van der Waals surface area contributed by atoms with Gasteiger partial charge in [-0.05, 0) is 82.6 Å². The van der Waals surface area contributed by atoms with Gasteiger partial charge in [0, 0.05) is 42.5 Å². The summed E-state index contributed by atoms with van der Waals surface area (Å²) in [5.74, 6) is 0.0138. The number of aryl methyl sites for hydroxylation is 1. The van der Waals surface area contributed by atoms with Gasteiger partial charge in [-0.1, -0.05) is 55.5 Å². The number of fused-ring (bicyclic) bond motifs is 1. The van der Waals surface area contributed by atoms with Crippen LogP contribution in [0.25, 0.3) is 21.9 Å². The third-order valence-corrected chi connectivity index (χ3v) is 7.77. The summed E-state index contributed by atoms with van der Waals surface area (Å²) in [7, 11) is 1.71. The maximum absolute atomic E-state index is 13.2. The maximum atomic E-state index is 13.2. The van der Waals surface area contributed by atoms with Crippen molar-refractivity contribution in [2.24, 2.45) is 0 Å². The number of carbonyl (C=O) groups is 2. The molecule has 1 heterocycles. The molecule has 1 atom stereocenters. The first-order chi connectivity index (χ1) is 21.7. The van der Waals surface area contributed by atoms with E-state index >= 15 is 0 Å². The van der Waals surface area contributed by atoms with Crippen LogP contribution in [0.5, 0.6) is 5.75 Å². The van der Waals surface area contributed by atoms with E-state index in [2.05, 4.69) is 15.6 Å². The smallest absolute Gasteiger partial charge is 0.411 e. The average molecular weight is 605 g/mol. The Labute approximate surface area is 261 Å². The summed E-state index contributed by atoms with van der Waals surface area (Å²) in [6, 6.07) is 27.5. The monoisotopic (exact) mass is 604 g/mol. The lowest BCUT2D eigenvalue weighted by atomic mass is 9.97. The highest BCUT2D eigenvalue weighted by Gasteiger charge is 2.16. The third-order valence-electron chi connectivity index (χ3n) is 7.77. The number of benzene rings is 4. The Hall–Kier alpha value is -5.57. The van der Waals surface area contributed by atoms with Crippen LogP contribution in [0.2, 0.25) is 0 Å². The van der Waals surface area contributed by atoms with Gasteiger partial charge in [0.25, 0.3) is 5.56 Å². The fourth-order valence-electron chi connectivity index (χ4n) is 5.26. The zero-order chi connectivity index (χ0) is 31.9. The Morgan fingerprint density at radius 2 is 1.71 bits per heavy atom. The summed E-state index contributed by atoms with van der Waals surface area (Å²) in [5.41, 5.74) is 5.76. The van der Waals surface area contributed by atoms with Crippen LogP contribution in [0.1, 0.15) is 29.5 Å². The molecule has 0 radical (unpaired) electrons. The number of ether oxygens (including phenoxy) is 1. The van der Waals surface area contributed by atoms with Crippen molar-refractivity contribution in [3.63, 3.8) is 0 Å². The molecule has 45 heavy (non-hydrogen) atoms. The van der Waals surface area contributed by atoms with Crippen LogP contribution in [0.3, 0.4) is 0 Å². The molecule has 230 valence electrons. The SMILES string of the molecule is Cc1ccccc1C(C)COC(=O)Nc1ccc(-c2ccc(O)cc2)c(CN(C)C(=O)CNc2ccc3cc[nH]c(=O)c3c2)c1. The Morgan fingerprint density at radius 1 is 0.956 bits per heavy atom. The normalized spacial score (nSPS) is 11.5. The predicted molar refractivity (Wildman–Crippen MR) is 178 cm³/mol. The molecule has 0 fully saturated rings. The van der Waals surface area contributed by atoms with Gasteiger partial charge < -0.3 is 25.0 Å². The van der Waals surface area contributed by atoms with Crippen molar-refractivity contribution in [3.05, 3.63) is 124 Å². The number of nitrogens with zero attached hydrogens (tertiary/aromatic N) is 1. The van der Waals surface area contributed by atoms with Crippen molar-refractivity contribution in [2.45, 2.75) is 26.3 Å². The number of aromatic hydroxyl groups is 1. The van der Waals surface area contributed by atoms with Gasteiger partial charge in [0.1, 0.15) is 5.75 Å². The Bertz CT molecular complexity index is 1880. The summed E-state index contributed by atoms with van der Waals surface area (Å²) in [6.45, 7) is 4.55. The number of phenols is 1. The molecule has 0 bridgehead atoms. The van der Waals surface area contributed by atoms with Crippen molar-refractivity contribution < 1.29 is 19.4 Å². The van der Waals surface area contributed by atoms with Crippen LogP contribution in [-0.2, 0) is 16.1 Å². The molecule has 1 unspecified atom stereocenters. The van der Waals surface area contributed by atoms with E-state index in [4.69, 9.17) is 4.74 Å². The summed E-state index contributed by atoms with van der Waals surface area (Å²) >= 11 is 0. The maximum Gasteiger partial charge on any atom is 0.411 e. The number of carbonyl (C=O) groups excluding carboxylic acids is 2. The number of rotatable bonds is 10. The quantitative estimate of drug-likeness (QED) is 0.142. The number of hydrogen-bond donors (Lipinski definition) is 4. The van der Waals surface area contributed by atoms with Gasteiger partial charge >= 0.3 is 6.09 Å². The van der Waals surface area contributed by atoms with Crippen LogP contribution in [0, 0.1) is 6.92 Å². The molecule has 2 amide bonds.